The fourth-order valence-electron chi connectivity index (χ4n) is 2.37. The lowest BCUT2D eigenvalue weighted by molar-refractivity contribution is 0.600. The van der Waals surface area contributed by atoms with Gasteiger partial charge in [0.15, 0.2) is 0 Å². The van der Waals surface area contributed by atoms with Gasteiger partial charge in [-0.2, -0.15) is 0 Å². The zero-order chi connectivity index (χ0) is 16.1. The molecule has 0 atom stereocenters. The first kappa shape index (κ1) is 15.3. The molecule has 3 rings (SSSR count). The smallest absolute Gasteiger partial charge is 0.236 e. The summed E-state index contributed by atoms with van der Waals surface area (Å²) < 4.78 is 27.0. The summed E-state index contributed by atoms with van der Waals surface area (Å²) in [6, 6.07) is 26.5. The van der Waals surface area contributed by atoms with Crippen LogP contribution in [0.15, 0.2) is 84.9 Å². The fraction of sp³-hybridized carbons (Fsp3) is 0.0526. The van der Waals surface area contributed by atoms with E-state index in [1.807, 2.05) is 60.7 Å². The maximum Gasteiger partial charge on any atom is 0.236 e. The number of hydrogen-bond donors (Lipinski definition) is 1. The molecule has 0 aliphatic heterocycles. The van der Waals surface area contributed by atoms with Crippen LogP contribution >= 0.6 is 0 Å². The van der Waals surface area contributed by atoms with Gasteiger partial charge in [-0.15, -0.1) is 0 Å². The van der Waals surface area contributed by atoms with Gasteiger partial charge in [-0.3, -0.25) is 4.72 Å². The van der Waals surface area contributed by atoms with Crippen LogP contribution in [0.4, 0.5) is 5.69 Å². The van der Waals surface area contributed by atoms with Crippen LogP contribution in [0.1, 0.15) is 5.56 Å². The Balaban J connectivity index is 1.73. The molecule has 0 unspecified atom stereocenters. The van der Waals surface area contributed by atoms with Crippen molar-refractivity contribution in [2.75, 3.05) is 4.72 Å². The second kappa shape index (κ2) is 6.67. The molecule has 116 valence electrons. The highest BCUT2D eigenvalue weighted by molar-refractivity contribution is 7.91. The van der Waals surface area contributed by atoms with Crippen molar-refractivity contribution in [1.82, 2.24) is 0 Å². The van der Waals surface area contributed by atoms with Crippen molar-refractivity contribution in [2.45, 2.75) is 5.75 Å². The first-order valence-corrected chi connectivity index (χ1v) is 8.97. The van der Waals surface area contributed by atoms with E-state index in [0.717, 1.165) is 16.7 Å². The van der Waals surface area contributed by atoms with Gasteiger partial charge in [0.2, 0.25) is 10.0 Å². The van der Waals surface area contributed by atoms with Crippen molar-refractivity contribution in [2.24, 2.45) is 0 Å². The fourth-order valence-corrected chi connectivity index (χ4v) is 3.57. The van der Waals surface area contributed by atoms with Crippen molar-refractivity contribution in [3.8, 4) is 11.1 Å². The minimum atomic E-state index is -3.42. The largest absolute Gasteiger partial charge is 0.283 e. The third-order valence-electron chi connectivity index (χ3n) is 3.46. The maximum atomic E-state index is 12.2. The minimum absolute atomic E-state index is 0.0335. The van der Waals surface area contributed by atoms with E-state index >= 15 is 0 Å². The molecular formula is C19H17NO2S. The topological polar surface area (TPSA) is 46.2 Å². The molecule has 0 fully saturated rings. The molecule has 23 heavy (non-hydrogen) atoms. The van der Waals surface area contributed by atoms with Crippen LogP contribution in [0.25, 0.3) is 11.1 Å². The van der Waals surface area contributed by atoms with E-state index in [1.54, 1.807) is 24.3 Å². The van der Waals surface area contributed by atoms with Gasteiger partial charge in [0, 0.05) is 5.69 Å². The molecule has 4 heteroatoms. The van der Waals surface area contributed by atoms with Crippen molar-refractivity contribution in [3.05, 3.63) is 90.5 Å². The second-order valence-corrected chi connectivity index (χ2v) is 7.01. The molecule has 0 saturated carbocycles. The van der Waals surface area contributed by atoms with Crippen LogP contribution in [-0.2, 0) is 15.8 Å². The second-order valence-electron chi connectivity index (χ2n) is 5.29. The molecule has 0 saturated heterocycles. The number of hydrogen-bond acceptors (Lipinski definition) is 2. The Morgan fingerprint density at radius 2 is 1.17 bits per heavy atom. The number of anilines is 1. The molecule has 3 aromatic carbocycles. The Labute approximate surface area is 136 Å². The Morgan fingerprint density at radius 3 is 1.78 bits per heavy atom. The number of nitrogens with one attached hydrogen (secondary N) is 1. The van der Waals surface area contributed by atoms with E-state index in [4.69, 9.17) is 0 Å². The van der Waals surface area contributed by atoms with Crippen molar-refractivity contribution in [1.29, 1.82) is 0 Å². The summed E-state index contributed by atoms with van der Waals surface area (Å²) in [5, 5.41) is 0. The summed E-state index contributed by atoms with van der Waals surface area (Å²) in [6.07, 6.45) is 0. The maximum absolute atomic E-state index is 12.2. The monoisotopic (exact) mass is 323 g/mol. The lowest BCUT2D eigenvalue weighted by atomic mass is 10.1. The highest BCUT2D eigenvalue weighted by Crippen LogP contribution is 2.22. The van der Waals surface area contributed by atoms with E-state index in [-0.39, 0.29) is 5.75 Å². The summed E-state index contributed by atoms with van der Waals surface area (Å²) >= 11 is 0. The molecule has 0 spiro atoms. The van der Waals surface area contributed by atoms with Gasteiger partial charge in [0.25, 0.3) is 0 Å². The van der Waals surface area contributed by atoms with Crippen molar-refractivity contribution >= 4 is 15.7 Å². The van der Waals surface area contributed by atoms with Gasteiger partial charge in [-0.1, -0.05) is 72.8 Å². The van der Waals surface area contributed by atoms with Crippen molar-refractivity contribution in [3.63, 3.8) is 0 Å². The third kappa shape index (κ3) is 4.20. The van der Waals surface area contributed by atoms with E-state index in [9.17, 15) is 8.42 Å². The summed E-state index contributed by atoms with van der Waals surface area (Å²) in [6.45, 7) is 0. The zero-order valence-corrected chi connectivity index (χ0v) is 13.3. The first-order valence-electron chi connectivity index (χ1n) is 7.32. The SMILES string of the molecule is O=S(=O)(Cc1ccccc1)Nc1ccc(-c2ccccc2)cc1. The number of rotatable bonds is 5. The van der Waals surface area contributed by atoms with Gasteiger partial charge in [0.05, 0.1) is 5.75 Å². The molecule has 0 radical (unpaired) electrons. The molecule has 0 heterocycles. The lowest BCUT2D eigenvalue weighted by Crippen LogP contribution is -2.14. The quantitative estimate of drug-likeness (QED) is 0.761. The van der Waals surface area contributed by atoms with Gasteiger partial charge in [0.1, 0.15) is 0 Å². The zero-order valence-electron chi connectivity index (χ0n) is 12.5. The van der Waals surface area contributed by atoms with Gasteiger partial charge in [-0.25, -0.2) is 8.42 Å². The molecular weight excluding hydrogens is 306 g/mol. The Hall–Kier alpha value is -2.59. The Kier molecular flexibility index (Phi) is 4.44. The van der Waals surface area contributed by atoms with E-state index in [0.29, 0.717) is 5.69 Å². The van der Waals surface area contributed by atoms with Gasteiger partial charge < -0.3 is 0 Å². The highest BCUT2D eigenvalue weighted by atomic mass is 32.2. The predicted octanol–water partition coefficient (Wildman–Crippen LogP) is 4.30. The summed E-state index contributed by atoms with van der Waals surface area (Å²) in [5.74, 6) is -0.0335. The van der Waals surface area contributed by atoms with Crippen molar-refractivity contribution < 1.29 is 8.42 Å². The Bertz CT molecular complexity index is 858. The van der Waals surface area contributed by atoms with Crippen LogP contribution in [-0.4, -0.2) is 8.42 Å². The highest BCUT2D eigenvalue weighted by Gasteiger charge is 2.11. The molecule has 3 aromatic rings. The van der Waals surface area contributed by atoms with E-state index in [1.165, 1.54) is 0 Å². The summed E-state index contributed by atoms with van der Waals surface area (Å²) in [5.41, 5.74) is 3.49. The average Bonchev–Trinajstić information content (AvgIpc) is 2.56. The van der Waals surface area contributed by atoms with Crippen LogP contribution in [0.3, 0.4) is 0 Å². The van der Waals surface area contributed by atoms with E-state index in [2.05, 4.69) is 4.72 Å². The first-order chi connectivity index (χ1) is 11.1. The Morgan fingerprint density at radius 1 is 0.652 bits per heavy atom. The van der Waals surface area contributed by atoms with E-state index < -0.39 is 10.0 Å². The lowest BCUT2D eigenvalue weighted by Gasteiger charge is -2.09. The molecule has 1 N–H and O–H groups in total. The molecule has 0 aliphatic carbocycles. The molecule has 0 aromatic heterocycles. The number of sulfonamides is 1. The molecule has 3 nitrogen and oxygen atoms in total. The van der Waals surface area contributed by atoms with Crippen LogP contribution in [0, 0.1) is 0 Å². The van der Waals surface area contributed by atoms with Gasteiger partial charge >= 0.3 is 0 Å². The summed E-state index contributed by atoms with van der Waals surface area (Å²) in [7, 11) is -3.42. The molecule has 0 bridgehead atoms. The number of benzene rings is 3. The predicted molar refractivity (Wildman–Crippen MR) is 94.6 cm³/mol. The minimum Gasteiger partial charge on any atom is -0.283 e. The summed E-state index contributed by atoms with van der Waals surface area (Å²) in [4.78, 5) is 0. The standard InChI is InChI=1S/C19H17NO2S/c21-23(22,15-16-7-3-1-4-8-16)20-19-13-11-18(12-14-19)17-9-5-2-6-10-17/h1-14,20H,15H2. The van der Waals surface area contributed by atoms with Gasteiger partial charge in [-0.05, 0) is 28.8 Å². The molecule has 0 amide bonds. The normalized spacial score (nSPS) is 11.1. The average molecular weight is 323 g/mol. The van der Waals surface area contributed by atoms with Crippen LogP contribution in [0.5, 0.6) is 0 Å². The third-order valence-corrected chi connectivity index (χ3v) is 4.72. The molecule has 0 aliphatic rings. The van der Waals surface area contributed by atoms with Crippen LogP contribution in [0.2, 0.25) is 0 Å². The van der Waals surface area contributed by atoms with Crippen LogP contribution < -0.4 is 4.72 Å².